The van der Waals surface area contributed by atoms with Gasteiger partial charge >= 0.3 is 6.09 Å². The zero-order valence-corrected chi connectivity index (χ0v) is 20.3. The summed E-state index contributed by atoms with van der Waals surface area (Å²) in [6.45, 7) is 11.4. The van der Waals surface area contributed by atoms with Crippen LogP contribution in [-0.2, 0) is 11.3 Å². The van der Waals surface area contributed by atoms with Crippen molar-refractivity contribution in [3.63, 3.8) is 0 Å². The van der Waals surface area contributed by atoms with Crippen LogP contribution in [0.15, 0.2) is 59.4 Å². The first-order valence-electron chi connectivity index (χ1n) is 12.1. The van der Waals surface area contributed by atoms with Crippen LogP contribution in [0.5, 0.6) is 0 Å². The molecule has 2 aliphatic rings. The number of likely N-dealkylation sites (tertiary alicyclic amines) is 2. The highest BCUT2D eigenvalue weighted by molar-refractivity contribution is 6.00. The second-order valence-corrected chi connectivity index (χ2v) is 9.48. The van der Waals surface area contributed by atoms with E-state index in [0.29, 0.717) is 12.5 Å². The van der Waals surface area contributed by atoms with Crippen LogP contribution in [0.3, 0.4) is 0 Å². The Bertz CT molecular complexity index is 1030. The van der Waals surface area contributed by atoms with E-state index in [9.17, 15) is 4.79 Å². The Morgan fingerprint density at radius 3 is 2.76 bits per heavy atom. The SMILES string of the molecule is CC/C(C)=C/N=C(c1cc[nH]c1C)N1CCCC2(C1)C(C)CN2C(=O)OCc1ccccc1. The highest BCUT2D eigenvalue weighted by Gasteiger charge is 2.56. The number of allylic oxidation sites excluding steroid dienone is 1. The van der Waals surface area contributed by atoms with Crippen molar-refractivity contribution >= 4 is 11.9 Å². The molecule has 6 heteroatoms. The van der Waals surface area contributed by atoms with Gasteiger partial charge in [-0.05, 0) is 50.7 Å². The van der Waals surface area contributed by atoms with Gasteiger partial charge < -0.3 is 19.5 Å². The number of amidine groups is 1. The summed E-state index contributed by atoms with van der Waals surface area (Å²) >= 11 is 0. The van der Waals surface area contributed by atoms with Gasteiger partial charge in [0.05, 0.1) is 5.54 Å². The van der Waals surface area contributed by atoms with E-state index in [0.717, 1.165) is 61.6 Å². The monoisotopic (exact) mass is 448 g/mol. The van der Waals surface area contributed by atoms with Crippen molar-refractivity contribution in [3.8, 4) is 0 Å². The number of amides is 1. The second-order valence-electron chi connectivity index (χ2n) is 9.48. The van der Waals surface area contributed by atoms with Crippen molar-refractivity contribution in [2.45, 2.75) is 59.1 Å². The molecule has 1 aromatic carbocycles. The molecule has 2 aromatic rings. The zero-order chi connectivity index (χ0) is 23.4. The van der Waals surface area contributed by atoms with Crippen molar-refractivity contribution in [2.24, 2.45) is 10.9 Å². The molecule has 2 saturated heterocycles. The molecule has 6 nitrogen and oxygen atoms in total. The predicted molar refractivity (Wildman–Crippen MR) is 132 cm³/mol. The van der Waals surface area contributed by atoms with E-state index >= 15 is 0 Å². The molecule has 176 valence electrons. The Balaban J connectivity index is 1.54. The molecule has 33 heavy (non-hydrogen) atoms. The standard InChI is InChI=1S/C27H36N4O2/c1-5-20(2)16-29-25(24-12-14-28-22(24)4)30-15-9-13-27(19-30)21(3)17-31(27)26(32)33-18-23-10-7-6-8-11-23/h6-8,10-12,14,16,21,28H,5,9,13,15,17-19H2,1-4H3/b20-16+,29-25?. The number of H-pyrrole nitrogens is 1. The van der Waals surface area contributed by atoms with Crippen molar-refractivity contribution in [3.05, 3.63) is 71.2 Å². The number of ether oxygens (including phenoxy) is 1. The molecule has 4 rings (SSSR count). The number of rotatable bonds is 5. The van der Waals surface area contributed by atoms with Gasteiger partial charge in [0, 0.05) is 43.3 Å². The van der Waals surface area contributed by atoms with E-state index in [1.807, 2.05) is 47.6 Å². The highest BCUT2D eigenvalue weighted by atomic mass is 16.6. The number of aliphatic imine (C=N–C) groups is 1. The summed E-state index contributed by atoms with van der Waals surface area (Å²) in [5.41, 5.74) is 4.28. The van der Waals surface area contributed by atoms with Crippen molar-refractivity contribution in [1.29, 1.82) is 0 Å². The molecule has 2 unspecified atom stereocenters. The number of carbonyl (C=O) groups excluding carboxylic acids is 1. The number of piperidine rings is 1. The lowest BCUT2D eigenvalue weighted by Crippen LogP contribution is -2.73. The van der Waals surface area contributed by atoms with Crippen molar-refractivity contribution in [2.75, 3.05) is 19.6 Å². The third kappa shape index (κ3) is 4.70. The number of aryl methyl sites for hydroxylation is 1. The Labute approximate surface area is 197 Å². The van der Waals surface area contributed by atoms with Crippen LogP contribution in [0.25, 0.3) is 0 Å². The summed E-state index contributed by atoms with van der Waals surface area (Å²) < 4.78 is 5.71. The number of aromatic nitrogens is 1. The van der Waals surface area contributed by atoms with E-state index < -0.39 is 0 Å². The predicted octanol–water partition coefficient (Wildman–Crippen LogP) is 5.51. The summed E-state index contributed by atoms with van der Waals surface area (Å²) in [6.07, 6.45) is 6.73. The maximum absolute atomic E-state index is 13.1. The molecule has 2 fully saturated rings. The molecule has 1 N–H and O–H groups in total. The van der Waals surface area contributed by atoms with E-state index in [4.69, 9.17) is 9.73 Å². The summed E-state index contributed by atoms with van der Waals surface area (Å²) in [7, 11) is 0. The van der Waals surface area contributed by atoms with Crippen LogP contribution in [0.2, 0.25) is 0 Å². The molecule has 3 heterocycles. The first-order chi connectivity index (χ1) is 15.9. The molecule has 0 bridgehead atoms. The number of nitrogens with zero attached hydrogens (tertiary/aromatic N) is 3. The maximum atomic E-state index is 13.1. The molecule has 0 radical (unpaired) electrons. The van der Waals surface area contributed by atoms with Gasteiger partial charge in [-0.15, -0.1) is 0 Å². The Morgan fingerprint density at radius 2 is 2.09 bits per heavy atom. The van der Waals surface area contributed by atoms with Gasteiger partial charge in [0.2, 0.25) is 0 Å². The quantitative estimate of drug-likeness (QED) is 0.485. The van der Waals surface area contributed by atoms with E-state index in [-0.39, 0.29) is 11.6 Å². The largest absolute Gasteiger partial charge is 0.445 e. The molecule has 0 aliphatic carbocycles. The Hall–Kier alpha value is -3.02. The van der Waals surface area contributed by atoms with Crippen LogP contribution in [0.1, 0.15) is 56.9 Å². The number of hydrogen-bond acceptors (Lipinski definition) is 3. The number of benzene rings is 1. The normalized spacial score (nSPS) is 23.6. The topological polar surface area (TPSA) is 60.9 Å². The van der Waals surface area contributed by atoms with Gasteiger partial charge in [0.15, 0.2) is 0 Å². The number of hydrogen-bond donors (Lipinski definition) is 1. The van der Waals surface area contributed by atoms with Gasteiger partial charge in [0.1, 0.15) is 12.4 Å². The van der Waals surface area contributed by atoms with Gasteiger partial charge in [-0.25, -0.2) is 9.79 Å². The summed E-state index contributed by atoms with van der Waals surface area (Å²) in [6, 6.07) is 12.0. The van der Waals surface area contributed by atoms with Crippen molar-refractivity contribution < 1.29 is 9.53 Å². The average Bonchev–Trinajstić information content (AvgIpc) is 3.27. The molecular formula is C27H36N4O2. The molecule has 2 atom stereocenters. The minimum atomic E-state index is -0.211. The first-order valence-corrected chi connectivity index (χ1v) is 12.1. The second kappa shape index (κ2) is 9.86. The van der Waals surface area contributed by atoms with Crippen LogP contribution in [-0.4, -0.2) is 51.9 Å². The van der Waals surface area contributed by atoms with E-state index in [1.54, 1.807) is 0 Å². The highest BCUT2D eigenvalue weighted by Crippen LogP contribution is 2.44. The lowest BCUT2D eigenvalue weighted by atomic mass is 9.70. The minimum Gasteiger partial charge on any atom is -0.445 e. The van der Waals surface area contributed by atoms with Crippen LogP contribution >= 0.6 is 0 Å². The summed E-state index contributed by atoms with van der Waals surface area (Å²) in [5, 5.41) is 0. The maximum Gasteiger partial charge on any atom is 0.410 e. The smallest absolute Gasteiger partial charge is 0.410 e. The summed E-state index contributed by atoms with van der Waals surface area (Å²) in [4.78, 5) is 25.6. The molecule has 1 amide bonds. The van der Waals surface area contributed by atoms with Crippen LogP contribution in [0.4, 0.5) is 4.79 Å². The van der Waals surface area contributed by atoms with Crippen LogP contribution in [0, 0.1) is 12.8 Å². The fourth-order valence-corrected chi connectivity index (χ4v) is 4.98. The zero-order valence-electron chi connectivity index (χ0n) is 20.3. The Morgan fingerprint density at radius 1 is 1.30 bits per heavy atom. The van der Waals surface area contributed by atoms with Gasteiger partial charge in [-0.2, -0.15) is 0 Å². The fraction of sp³-hybridized carbons (Fsp3) is 0.481. The third-order valence-electron chi connectivity index (χ3n) is 7.30. The number of carbonyl (C=O) groups is 1. The van der Waals surface area contributed by atoms with Gasteiger partial charge in [-0.3, -0.25) is 0 Å². The molecule has 1 spiro atoms. The van der Waals surface area contributed by atoms with Gasteiger partial charge in [-0.1, -0.05) is 49.8 Å². The summed E-state index contributed by atoms with van der Waals surface area (Å²) in [5.74, 6) is 1.41. The minimum absolute atomic E-state index is 0.208. The molecule has 0 saturated carbocycles. The lowest BCUT2D eigenvalue weighted by Gasteiger charge is -2.60. The fourth-order valence-electron chi connectivity index (χ4n) is 4.98. The van der Waals surface area contributed by atoms with Gasteiger partial charge in [0.25, 0.3) is 0 Å². The van der Waals surface area contributed by atoms with Crippen molar-refractivity contribution in [1.82, 2.24) is 14.8 Å². The molecular weight excluding hydrogens is 412 g/mol. The Kier molecular flexibility index (Phi) is 6.91. The average molecular weight is 449 g/mol. The number of aromatic amines is 1. The molecule has 2 aliphatic heterocycles. The third-order valence-corrected chi connectivity index (χ3v) is 7.30. The molecule has 1 aromatic heterocycles. The van der Waals surface area contributed by atoms with E-state index in [2.05, 4.69) is 43.6 Å². The van der Waals surface area contributed by atoms with E-state index in [1.165, 1.54) is 5.57 Å². The van der Waals surface area contributed by atoms with Crippen LogP contribution < -0.4 is 0 Å². The lowest BCUT2D eigenvalue weighted by molar-refractivity contribution is -0.0904. The first kappa shape index (κ1) is 23.1. The number of nitrogens with one attached hydrogen (secondary N) is 1.